The SMILES string of the molecule is CCC(CO)(CO)C(O)=CCCO.[PoH2]. The number of hydrogen-bond donors (Lipinski definition) is 4. The molecule has 0 aromatic rings. The number of aliphatic hydroxyl groups excluding tert-OH is 4. The van der Waals surface area contributed by atoms with Gasteiger partial charge in [0.05, 0.1) is 24.4 Å². The van der Waals surface area contributed by atoms with Crippen LogP contribution in [0.25, 0.3) is 0 Å². The molecule has 14 heavy (non-hydrogen) atoms. The van der Waals surface area contributed by atoms with Crippen LogP contribution in [0.1, 0.15) is 19.8 Å². The van der Waals surface area contributed by atoms with Crippen molar-refractivity contribution >= 4 is 26.6 Å². The van der Waals surface area contributed by atoms with E-state index in [1.807, 2.05) is 0 Å². The molecule has 0 saturated carbocycles. The predicted molar refractivity (Wildman–Crippen MR) is 57.9 cm³/mol. The van der Waals surface area contributed by atoms with Gasteiger partial charge < -0.3 is 20.4 Å². The third-order valence-corrected chi connectivity index (χ3v) is 2.29. The summed E-state index contributed by atoms with van der Waals surface area (Å²) in [6.45, 7) is 1.12. The second-order valence-corrected chi connectivity index (χ2v) is 3.05. The minimum atomic E-state index is -0.949. The molecule has 0 aliphatic heterocycles. The van der Waals surface area contributed by atoms with Crippen LogP contribution in [0.4, 0.5) is 0 Å². The van der Waals surface area contributed by atoms with Gasteiger partial charge in [0.15, 0.2) is 0 Å². The Balaban J connectivity index is 0. The normalized spacial score (nSPS) is 12.4. The Morgan fingerprint density at radius 3 is 2.00 bits per heavy atom. The van der Waals surface area contributed by atoms with Crippen molar-refractivity contribution in [1.82, 2.24) is 0 Å². The maximum absolute atomic E-state index is 9.52. The molecule has 0 bridgehead atoms. The summed E-state index contributed by atoms with van der Waals surface area (Å²) in [7, 11) is 0. The van der Waals surface area contributed by atoms with Crippen LogP contribution < -0.4 is 0 Å². The molecule has 0 rings (SSSR count). The predicted octanol–water partition coefficient (Wildman–Crippen LogP) is -0.724. The Morgan fingerprint density at radius 1 is 1.21 bits per heavy atom. The Bertz CT molecular complexity index is 158. The van der Waals surface area contributed by atoms with E-state index in [1.54, 1.807) is 6.92 Å². The third kappa shape index (κ3) is 4.23. The fraction of sp³-hybridized carbons (Fsp3) is 0.778. The molecule has 0 saturated heterocycles. The molecule has 0 radical (unpaired) electrons. The molecule has 4 nitrogen and oxygen atoms in total. The van der Waals surface area contributed by atoms with Crippen molar-refractivity contribution in [3.05, 3.63) is 11.8 Å². The Kier molecular flexibility index (Phi) is 10.3. The molecule has 0 heterocycles. The van der Waals surface area contributed by atoms with Crippen LogP contribution in [-0.2, 0) is 0 Å². The van der Waals surface area contributed by atoms with Crippen molar-refractivity contribution in [2.75, 3.05) is 19.8 Å². The molecule has 5 heteroatoms. The van der Waals surface area contributed by atoms with E-state index >= 15 is 0 Å². The Hall–Kier alpha value is 0.316. The summed E-state index contributed by atoms with van der Waals surface area (Å²) in [6.07, 6.45) is 2.21. The van der Waals surface area contributed by atoms with E-state index in [2.05, 4.69) is 0 Å². The first kappa shape index (κ1) is 16.7. The van der Waals surface area contributed by atoms with E-state index in [0.717, 1.165) is 0 Å². The van der Waals surface area contributed by atoms with Crippen LogP contribution in [0, 0.1) is 5.41 Å². The second-order valence-electron chi connectivity index (χ2n) is 3.05. The fourth-order valence-electron chi connectivity index (χ4n) is 1.03. The van der Waals surface area contributed by atoms with Gasteiger partial charge in [-0.3, -0.25) is 0 Å². The first-order valence-corrected chi connectivity index (χ1v) is 4.39. The van der Waals surface area contributed by atoms with Gasteiger partial charge in [0, 0.05) is 6.61 Å². The summed E-state index contributed by atoms with van der Waals surface area (Å²) in [5.41, 5.74) is -0.949. The first-order valence-electron chi connectivity index (χ1n) is 4.39. The van der Waals surface area contributed by atoms with Gasteiger partial charge in [-0.05, 0) is 18.9 Å². The van der Waals surface area contributed by atoms with Crippen LogP contribution in [-0.4, -0.2) is 66.8 Å². The molecule has 86 valence electrons. The van der Waals surface area contributed by atoms with Crippen molar-refractivity contribution in [2.24, 2.45) is 5.41 Å². The summed E-state index contributed by atoms with van der Waals surface area (Å²) in [5.74, 6) is -0.0472. The summed E-state index contributed by atoms with van der Waals surface area (Å²) in [5, 5.41) is 36.1. The van der Waals surface area contributed by atoms with Crippen molar-refractivity contribution in [2.45, 2.75) is 19.8 Å². The van der Waals surface area contributed by atoms with Gasteiger partial charge in [-0.1, -0.05) is 6.92 Å². The van der Waals surface area contributed by atoms with E-state index in [1.165, 1.54) is 6.08 Å². The zero-order chi connectivity index (χ0) is 10.3. The number of hydrogen-bond acceptors (Lipinski definition) is 4. The summed E-state index contributed by atoms with van der Waals surface area (Å²) in [4.78, 5) is 0. The average Bonchev–Trinajstić information content (AvgIpc) is 2.18. The van der Waals surface area contributed by atoms with Crippen LogP contribution in [0.15, 0.2) is 11.8 Å². The number of rotatable bonds is 6. The van der Waals surface area contributed by atoms with Crippen molar-refractivity contribution in [3.8, 4) is 0 Å². The molecule has 0 unspecified atom stereocenters. The van der Waals surface area contributed by atoms with E-state index in [0.29, 0.717) is 12.8 Å². The monoisotopic (exact) mass is 401 g/mol. The van der Waals surface area contributed by atoms with Gasteiger partial charge >= 0.3 is 26.6 Å². The van der Waals surface area contributed by atoms with E-state index in [-0.39, 0.29) is 52.1 Å². The molecule has 0 fully saturated rings. The molecule has 4 N–H and O–H groups in total. The van der Waals surface area contributed by atoms with Gasteiger partial charge in [0.1, 0.15) is 0 Å². The fourth-order valence-corrected chi connectivity index (χ4v) is 1.03. The summed E-state index contributed by atoms with van der Waals surface area (Å²) >= 11 is 0. The average molecular weight is 401 g/mol. The molecule has 0 aromatic carbocycles. The van der Waals surface area contributed by atoms with Crippen LogP contribution in [0.5, 0.6) is 0 Å². The quantitative estimate of drug-likeness (QED) is 0.443. The first-order chi connectivity index (χ1) is 6.16. The van der Waals surface area contributed by atoms with Crippen LogP contribution >= 0.6 is 0 Å². The van der Waals surface area contributed by atoms with Crippen molar-refractivity contribution < 1.29 is 20.4 Å². The summed E-state index contributed by atoms with van der Waals surface area (Å²) in [6, 6.07) is 0. The van der Waals surface area contributed by atoms with Crippen LogP contribution in [0.2, 0.25) is 0 Å². The van der Waals surface area contributed by atoms with E-state index in [9.17, 15) is 5.11 Å². The second kappa shape index (κ2) is 8.61. The molecule has 0 aliphatic rings. The van der Waals surface area contributed by atoms with Crippen LogP contribution in [0.3, 0.4) is 0 Å². The molecular formula is C9H20O4Po. The zero-order valence-electron chi connectivity index (χ0n) is 8.40. The zero-order valence-corrected chi connectivity index (χ0v) is 12.3. The van der Waals surface area contributed by atoms with Crippen molar-refractivity contribution in [1.29, 1.82) is 0 Å². The van der Waals surface area contributed by atoms with Gasteiger partial charge in [-0.25, -0.2) is 0 Å². The summed E-state index contributed by atoms with van der Waals surface area (Å²) < 4.78 is 0. The molecule has 0 aliphatic carbocycles. The molecule has 0 aromatic heterocycles. The van der Waals surface area contributed by atoms with E-state index < -0.39 is 5.41 Å². The standard InChI is InChI=1S/C9H18O4.Po.2H/c1-2-9(6-11,7-12)8(13)4-3-5-10;;;/h4,10-13H,2-3,5-7H2,1H3;;;. The number of aliphatic hydroxyl groups is 4. The van der Waals surface area contributed by atoms with Gasteiger partial charge in [-0.2, -0.15) is 0 Å². The van der Waals surface area contributed by atoms with Gasteiger partial charge in [0.2, 0.25) is 0 Å². The minimum absolute atomic E-state index is 0. The molecule has 0 amide bonds. The maximum atomic E-state index is 9.52. The molecular weight excluding hydrogens is 381 g/mol. The third-order valence-electron chi connectivity index (χ3n) is 2.29. The van der Waals surface area contributed by atoms with Gasteiger partial charge in [-0.15, -0.1) is 0 Å². The Morgan fingerprint density at radius 2 is 1.71 bits per heavy atom. The van der Waals surface area contributed by atoms with E-state index in [4.69, 9.17) is 15.3 Å². The molecule has 0 atom stereocenters. The van der Waals surface area contributed by atoms with Crippen molar-refractivity contribution in [3.63, 3.8) is 0 Å². The Labute approximate surface area is 104 Å². The van der Waals surface area contributed by atoms with Gasteiger partial charge in [0.25, 0.3) is 0 Å². The topological polar surface area (TPSA) is 80.9 Å². The molecule has 0 spiro atoms.